The number of fused-ring (bicyclic) bond motifs is 1. The first kappa shape index (κ1) is 17.2. The number of urea groups is 1. The van der Waals surface area contributed by atoms with E-state index in [2.05, 4.69) is 10.4 Å². The van der Waals surface area contributed by atoms with Gasteiger partial charge in [-0.05, 0) is 12.1 Å². The van der Waals surface area contributed by atoms with Crippen LogP contribution in [0.25, 0.3) is 10.9 Å². The second-order valence-electron chi connectivity index (χ2n) is 5.99. The zero-order valence-corrected chi connectivity index (χ0v) is 14.9. The van der Waals surface area contributed by atoms with E-state index in [-0.39, 0.29) is 24.8 Å². The topological polar surface area (TPSA) is 87.5 Å². The average molecular weight is 364 g/mol. The molecule has 0 spiro atoms. The summed E-state index contributed by atoms with van der Waals surface area (Å²) in [6.07, 6.45) is -0.0933. The fourth-order valence-corrected chi connectivity index (χ4v) is 3.26. The molecule has 1 fully saturated rings. The van der Waals surface area contributed by atoms with Crippen molar-refractivity contribution in [2.75, 3.05) is 14.1 Å². The summed E-state index contributed by atoms with van der Waals surface area (Å²) in [6, 6.07) is 4.31. The van der Waals surface area contributed by atoms with E-state index in [9.17, 15) is 14.4 Å². The van der Waals surface area contributed by atoms with Crippen LogP contribution in [0.15, 0.2) is 18.2 Å². The van der Waals surface area contributed by atoms with Crippen LogP contribution in [0.1, 0.15) is 12.1 Å². The maximum atomic E-state index is 12.2. The lowest BCUT2D eigenvalue weighted by Crippen LogP contribution is -2.37. The van der Waals surface area contributed by atoms with Crippen LogP contribution in [-0.2, 0) is 23.2 Å². The predicted octanol–water partition coefficient (Wildman–Crippen LogP) is 1.13. The van der Waals surface area contributed by atoms with Gasteiger partial charge in [-0.25, -0.2) is 4.79 Å². The molecule has 1 aliphatic rings. The number of carbonyl (C=O) groups excluding carboxylic acids is 3. The number of aromatic nitrogens is 2. The van der Waals surface area contributed by atoms with Crippen LogP contribution in [0.3, 0.4) is 0 Å². The van der Waals surface area contributed by atoms with Crippen LogP contribution in [0.5, 0.6) is 0 Å². The van der Waals surface area contributed by atoms with E-state index in [4.69, 9.17) is 11.6 Å². The molecule has 0 unspecified atom stereocenters. The molecule has 1 aliphatic heterocycles. The fraction of sp³-hybridized carbons (Fsp3) is 0.375. The van der Waals surface area contributed by atoms with Crippen LogP contribution in [0, 0.1) is 0 Å². The average Bonchev–Trinajstić information content (AvgIpc) is 3.00. The van der Waals surface area contributed by atoms with Crippen molar-refractivity contribution in [3.63, 3.8) is 0 Å². The first-order valence-electron chi connectivity index (χ1n) is 7.72. The number of aryl methyl sites for hydroxylation is 1. The van der Waals surface area contributed by atoms with Crippen LogP contribution in [0.4, 0.5) is 4.79 Å². The van der Waals surface area contributed by atoms with Crippen LogP contribution < -0.4 is 5.32 Å². The number of nitrogens with zero attached hydrogens (tertiary/aromatic N) is 4. The molecule has 1 N–H and O–H groups in total. The summed E-state index contributed by atoms with van der Waals surface area (Å²) in [5.74, 6) is -0.715. The molecular formula is C16H18ClN5O3. The zero-order valence-electron chi connectivity index (χ0n) is 14.1. The third kappa shape index (κ3) is 2.93. The molecule has 3 rings (SSSR count). The Morgan fingerprint density at radius 2 is 2.00 bits per heavy atom. The van der Waals surface area contributed by atoms with Crippen molar-refractivity contribution in [3.8, 4) is 0 Å². The number of nitrogens with one attached hydrogen (secondary N) is 1. The maximum Gasteiger partial charge on any atom is 0.326 e. The summed E-state index contributed by atoms with van der Waals surface area (Å²) in [6.45, 7) is 0.189. The van der Waals surface area contributed by atoms with Crippen LogP contribution in [0.2, 0.25) is 5.02 Å². The standard InChI is InChI=1S/C16H18ClN5O3/c1-20-12(15(24)21(2)16(20)25)7-13(23)18-8-10-14-9(17)5-4-6-11(14)22(3)19-10/h4-6,12H,7-8H2,1-3H3,(H,18,23)/t12-/m1/s1. The zero-order chi connectivity index (χ0) is 18.3. The van der Waals surface area contributed by atoms with E-state index in [1.807, 2.05) is 12.1 Å². The van der Waals surface area contributed by atoms with Crippen molar-refractivity contribution < 1.29 is 14.4 Å². The van der Waals surface area contributed by atoms with Gasteiger partial charge < -0.3 is 10.2 Å². The molecule has 2 heterocycles. The first-order chi connectivity index (χ1) is 11.8. The highest BCUT2D eigenvalue weighted by Crippen LogP contribution is 2.26. The number of hydrogen-bond acceptors (Lipinski definition) is 4. The normalized spacial score (nSPS) is 17.7. The van der Waals surface area contributed by atoms with Crippen molar-refractivity contribution in [1.82, 2.24) is 24.9 Å². The summed E-state index contributed by atoms with van der Waals surface area (Å²) in [7, 11) is 4.71. The molecule has 2 aromatic rings. The van der Waals surface area contributed by atoms with Crippen LogP contribution in [-0.4, -0.2) is 57.6 Å². The lowest BCUT2D eigenvalue weighted by Gasteiger charge is -2.15. The van der Waals surface area contributed by atoms with E-state index in [0.29, 0.717) is 10.7 Å². The molecule has 0 aliphatic carbocycles. The number of halogens is 1. The van der Waals surface area contributed by atoms with Gasteiger partial charge in [0.05, 0.1) is 29.2 Å². The molecule has 0 saturated carbocycles. The summed E-state index contributed by atoms with van der Waals surface area (Å²) < 4.78 is 1.70. The molecule has 9 heteroatoms. The van der Waals surface area contributed by atoms with Gasteiger partial charge in [-0.15, -0.1) is 0 Å². The molecule has 8 nitrogen and oxygen atoms in total. The highest BCUT2D eigenvalue weighted by molar-refractivity contribution is 6.35. The summed E-state index contributed by atoms with van der Waals surface area (Å²) in [4.78, 5) is 38.3. The lowest BCUT2D eigenvalue weighted by molar-refractivity contribution is -0.131. The summed E-state index contributed by atoms with van der Waals surface area (Å²) >= 11 is 6.24. The third-order valence-electron chi connectivity index (χ3n) is 4.40. The molecule has 4 amide bonds. The molecule has 1 saturated heterocycles. The van der Waals surface area contributed by atoms with E-state index >= 15 is 0 Å². The Bertz CT molecular complexity index is 878. The van der Waals surface area contributed by atoms with Gasteiger partial charge in [0.1, 0.15) is 6.04 Å². The largest absolute Gasteiger partial charge is 0.350 e. The molecule has 1 aromatic carbocycles. The predicted molar refractivity (Wildman–Crippen MR) is 91.9 cm³/mol. The van der Waals surface area contributed by atoms with Gasteiger partial charge in [0, 0.05) is 26.5 Å². The van der Waals surface area contributed by atoms with Gasteiger partial charge in [-0.3, -0.25) is 19.2 Å². The SMILES string of the molecule is CN1C(=O)[C@@H](CC(=O)NCc2nn(C)c3cccc(Cl)c23)N(C)C1=O. The van der Waals surface area contributed by atoms with Crippen molar-refractivity contribution in [2.24, 2.45) is 7.05 Å². The van der Waals surface area contributed by atoms with Crippen molar-refractivity contribution in [1.29, 1.82) is 0 Å². The Morgan fingerprint density at radius 1 is 1.28 bits per heavy atom. The lowest BCUT2D eigenvalue weighted by atomic mass is 10.1. The molecule has 132 valence electrons. The van der Waals surface area contributed by atoms with E-state index < -0.39 is 12.1 Å². The molecular weight excluding hydrogens is 346 g/mol. The van der Waals surface area contributed by atoms with Crippen LogP contribution >= 0.6 is 11.6 Å². The van der Waals surface area contributed by atoms with Crippen molar-refractivity contribution in [2.45, 2.75) is 19.0 Å². The molecule has 1 aromatic heterocycles. The van der Waals surface area contributed by atoms with Crippen molar-refractivity contribution >= 4 is 40.3 Å². The minimum absolute atomic E-state index is 0.0933. The number of hydrogen-bond donors (Lipinski definition) is 1. The van der Waals surface area contributed by atoms with Gasteiger partial charge in [0.2, 0.25) is 5.91 Å². The number of amides is 4. The monoisotopic (exact) mass is 363 g/mol. The van der Waals surface area contributed by atoms with Gasteiger partial charge in [0.25, 0.3) is 5.91 Å². The van der Waals surface area contributed by atoms with E-state index in [1.165, 1.54) is 19.0 Å². The summed E-state index contributed by atoms with van der Waals surface area (Å²) in [5.41, 5.74) is 1.52. The number of rotatable bonds is 4. The van der Waals surface area contributed by atoms with Gasteiger partial charge >= 0.3 is 6.03 Å². The summed E-state index contributed by atoms with van der Waals surface area (Å²) in [5, 5.41) is 8.48. The quantitative estimate of drug-likeness (QED) is 0.825. The first-order valence-corrected chi connectivity index (χ1v) is 8.10. The Morgan fingerprint density at radius 3 is 2.64 bits per heavy atom. The number of benzene rings is 1. The van der Waals surface area contributed by atoms with Gasteiger partial charge in [0.15, 0.2) is 0 Å². The Kier molecular flexibility index (Phi) is 4.38. The Hall–Kier alpha value is -2.61. The molecule has 0 radical (unpaired) electrons. The number of carbonyl (C=O) groups is 3. The number of likely N-dealkylation sites (N-methyl/N-ethyl adjacent to an activating group) is 2. The van der Waals surface area contributed by atoms with Gasteiger partial charge in [-0.1, -0.05) is 17.7 Å². The minimum atomic E-state index is -0.776. The van der Waals surface area contributed by atoms with Gasteiger partial charge in [-0.2, -0.15) is 5.10 Å². The second kappa shape index (κ2) is 6.36. The molecule has 0 bridgehead atoms. The Labute approximate surface area is 149 Å². The Balaban J connectivity index is 1.70. The maximum absolute atomic E-state index is 12.2. The molecule has 25 heavy (non-hydrogen) atoms. The molecule has 1 atom stereocenters. The fourth-order valence-electron chi connectivity index (χ4n) is 2.98. The minimum Gasteiger partial charge on any atom is -0.350 e. The second-order valence-corrected chi connectivity index (χ2v) is 6.40. The highest BCUT2D eigenvalue weighted by atomic mass is 35.5. The van der Waals surface area contributed by atoms with Crippen molar-refractivity contribution in [3.05, 3.63) is 28.9 Å². The third-order valence-corrected chi connectivity index (χ3v) is 4.72. The van der Waals surface area contributed by atoms with E-state index in [0.717, 1.165) is 15.8 Å². The van der Waals surface area contributed by atoms with E-state index in [1.54, 1.807) is 17.8 Å². The highest BCUT2D eigenvalue weighted by Gasteiger charge is 2.41. The smallest absolute Gasteiger partial charge is 0.326 e. The number of imide groups is 1.